The van der Waals surface area contributed by atoms with Gasteiger partial charge in [-0.1, -0.05) is 72.0 Å². The Labute approximate surface area is 138 Å². The van der Waals surface area contributed by atoms with Crippen molar-refractivity contribution >= 4 is 22.5 Å². The van der Waals surface area contributed by atoms with E-state index < -0.39 is 0 Å². The van der Waals surface area contributed by atoms with Crippen LogP contribution in [0.2, 0.25) is 0 Å². The highest BCUT2D eigenvalue weighted by molar-refractivity contribution is 7.13. The first-order chi connectivity index (χ1) is 11.3. The van der Waals surface area contributed by atoms with Crippen LogP contribution < -0.4 is 5.32 Å². The highest BCUT2D eigenvalue weighted by Gasteiger charge is 2.16. The van der Waals surface area contributed by atoms with Crippen molar-refractivity contribution in [2.45, 2.75) is 13.1 Å². The molecule has 0 aliphatic rings. The number of nitrogens with zero attached hydrogens (tertiary/aromatic N) is 3. The van der Waals surface area contributed by atoms with Crippen molar-refractivity contribution in [2.75, 3.05) is 5.32 Å². The number of carbonyl (C=O) groups excluding carboxylic acids is 1. The van der Waals surface area contributed by atoms with E-state index in [2.05, 4.69) is 15.5 Å². The van der Waals surface area contributed by atoms with E-state index >= 15 is 0 Å². The molecule has 1 heterocycles. The Kier molecular flexibility index (Phi) is 4.95. The Balaban J connectivity index is 1.76. The molecule has 2 amide bonds. The second kappa shape index (κ2) is 7.51. The van der Waals surface area contributed by atoms with Gasteiger partial charge < -0.3 is 4.90 Å². The SMILES string of the molecule is O=C(Nc1nncs1)N(Cc1ccccc1)Cc1ccccc1. The Morgan fingerprint density at radius 3 is 2.00 bits per heavy atom. The number of benzene rings is 2. The minimum Gasteiger partial charge on any atom is -0.316 e. The van der Waals surface area contributed by atoms with Crippen LogP contribution in [0.1, 0.15) is 11.1 Å². The molecule has 0 saturated carbocycles. The van der Waals surface area contributed by atoms with E-state index in [1.165, 1.54) is 11.3 Å². The van der Waals surface area contributed by atoms with Crippen LogP contribution in [0.5, 0.6) is 0 Å². The standard InChI is InChI=1S/C17H16N4OS/c22-17(19-16-20-18-13-23-16)21(11-14-7-3-1-4-8-14)12-15-9-5-2-6-10-15/h1-10,13H,11-12H2,(H,19,20,22). The van der Waals surface area contributed by atoms with E-state index in [0.717, 1.165) is 11.1 Å². The molecule has 0 bridgehead atoms. The topological polar surface area (TPSA) is 58.1 Å². The average molecular weight is 324 g/mol. The molecule has 0 radical (unpaired) electrons. The average Bonchev–Trinajstić information content (AvgIpc) is 3.09. The van der Waals surface area contributed by atoms with Gasteiger partial charge in [-0.15, -0.1) is 10.2 Å². The lowest BCUT2D eigenvalue weighted by atomic mass is 10.2. The number of anilines is 1. The lowest BCUT2D eigenvalue weighted by Crippen LogP contribution is -2.34. The zero-order valence-electron chi connectivity index (χ0n) is 12.4. The fraction of sp³-hybridized carbons (Fsp3) is 0.118. The molecule has 0 fully saturated rings. The summed E-state index contributed by atoms with van der Waals surface area (Å²) < 4.78 is 0. The molecule has 0 saturated heterocycles. The van der Waals surface area contributed by atoms with E-state index in [1.54, 1.807) is 10.4 Å². The smallest absolute Gasteiger partial charge is 0.316 e. The molecular weight excluding hydrogens is 308 g/mol. The Bertz CT molecular complexity index is 690. The second-order valence-corrected chi connectivity index (χ2v) is 5.83. The number of nitrogens with one attached hydrogen (secondary N) is 1. The third-order valence-corrected chi connectivity index (χ3v) is 3.90. The number of hydrogen-bond donors (Lipinski definition) is 1. The molecule has 0 spiro atoms. The molecular formula is C17H16N4OS. The minimum absolute atomic E-state index is 0.186. The lowest BCUT2D eigenvalue weighted by molar-refractivity contribution is 0.206. The molecule has 0 unspecified atom stereocenters. The van der Waals surface area contributed by atoms with E-state index in [4.69, 9.17) is 0 Å². The molecule has 1 aromatic heterocycles. The molecule has 0 atom stereocenters. The largest absolute Gasteiger partial charge is 0.324 e. The van der Waals surface area contributed by atoms with Crippen molar-refractivity contribution in [1.82, 2.24) is 15.1 Å². The van der Waals surface area contributed by atoms with Crippen molar-refractivity contribution in [3.63, 3.8) is 0 Å². The molecule has 2 aromatic carbocycles. The summed E-state index contributed by atoms with van der Waals surface area (Å²) in [4.78, 5) is 14.3. The van der Waals surface area contributed by atoms with Gasteiger partial charge in [0.25, 0.3) is 0 Å². The predicted octanol–water partition coefficient (Wildman–Crippen LogP) is 3.77. The van der Waals surface area contributed by atoms with Crippen LogP contribution in [-0.4, -0.2) is 21.1 Å². The predicted molar refractivity (Wildman–Crippen MR) is 91.1 cm³/mol. The maximum atomic E-state index is 12.6. The van der Waals surface area contributed by atoms with E-state index in [0.29, 0.717) is 18.2 Å². The van der Waals surface area contributed by atoms with Crippen molar-refractivity contribution in [3.8, 4) is 0 Å². The lowest BCUT2D eigenvalue weighted by Gasteiger charge is -2.22. The van der Waals surface area contributed by atoms with Gasteiger partial charge in [-0.05, 0) is 11.1 Å². The maximum Gasteiger partial charge on any atom is 0.324 e. The van der Waals surface area contributed by atoms with Gasteiger partial charge in [-0.3, -0.25) is 5.32 Å². The van der Waals surface area contributed by atoms with Crippen LogP contribution >= 0.6 is 11.3 Å². The van der Waals surface area contributed by atoms with Crippen molar-refractivity contribution in [1.29, 1.82) is 0 Å². The van der Waals surface area contributed by atoms with Crippen molar-refractivity contribution < 1.29 is 4.79 Å². The summed E-state index contributed by atoms with van der Waals surface area (Å²) in [7, 11) is 0. The normalized spacial score (nSPS) is 10.3. The molecule has 6 heteroatoms. The Morgan fingerprint density at radius 1 is 0.957 bits per heavy atom. The molecule has 3 rings (SSSR count). The molecule has 0 aliphatic heterocycles. The monoisotopic (exact) mass is 324 g/mol. The summed E-state index contributed by atoms with van der Waals surface area (Å²) in [6.45, 7) is 1.06. The van der Waals surface area contributed by atoms with Crippen molar-refractivity contribution in [3.05, 3.63) is 77.3 Å². The summed E-state index contributed by atoms with van der Waals surface area (Å²) in [6.07, 6.45) is 0. The zero-order valence-corrected chi connectivity index (χ0v) is 13.2. The van der Waals surface area contributed by atoms with Gasteiger partial charge in [0.1, 0.15) is 5.51 Å². The summed E-state index contributed by atoms with van der Waals surface area (Å²) in [5.41, 5.74) is 3.75. The van der Waals surface area contributed by atoms with Crippen LogP contribution in [0.15, 0.2) is 66.2 Å². The summed E-state index contributed by atoms with van der Waals surface area (Å²) in [5, 5.41) is 10.9. The second-order valence-electron chi connectivity index (χ2n) is 5.00. The fourth-order valence-corrected chi connectivity index (χ4v) is 2.64. The fourth-order valence-electron chi connectivity index (χ4n) is 2.21. The molecule has 23 heavy (non-hydrogen) atoms. The van der Waals surface area contributed by atoms with Gasteiger partial charge >= 0.3 is 6.03 Å². The first-order valence-electron chi connectivity index (χ1n) is 7.21. The van der Waals surface area contributed by atoms with Gasteiger partial charge in [0.15, 0.2) is 0 Å². The van der Waals surface area contributed by atoms with Crippen LogP contribution in [0, 0.1) is 0 Å². The van der Waals surface area contributed by atoms with E-state index in [9.17, 15) is 4.79 Å². The van der Waals surface area contributed by atoms with E-state index in [-0.39, 0.29) is 6.03 Å². The Hall–Kier alpha value is -2.73. The molecule has 5 nitrogen and oxygen atoms in total. The third-order valence-electron chi connectivity index (χ3n) is 3.29. The molecule has 3 aromatic rings. The number of rotatable bonds is 5. The minimum atomic E-state index is -0.186. The van der Waals surface area contributed by atoms with Gasteiger partial charge in [0.2, 0.25) is 5.13 Å². The van der Waals surface area contributed by atoms with E-state index in [1.807, 2.05) is 60.7 Å². The molecule has 1 N–H and O–H groups in total. The first kappa shape index (κ1) is 15.2. The van der Waals surface area contributed by atoms with Gasteiger partial charge in [-0.2, -0.15) is 0 Å². The van der Waals surface area contributed by atoms with Gasteiger partial charge in [0.05, 0.1) is 0 Å². The quantitative estimate of drug-likeness (QED) is 0.777. The third kappa shape index (κ3) is 4.37. The highest BCUT2D eigenvalue weighted by Crippen LogP contribution is 2.14. The highest BCUT2D eigenvalue weighted by atomic mass is 32.1. The first-order valence-corrected chi connectivity index (χ1v) is 8.09. The molecule has 0 aliphatic carbocycles. The van der Waals surface area contributed by atoms with Gasteiger partial charge in [0, 0.05) is 13.1 Å². The van der Waals surface area contributed by atoms with Crippen molar-refractivity contribution in [2.24, 2.45) is 0 Å². The number of urea groups is 1. The van der Waals surface area contributed by atoms with Crippen LogP contribution in [0.25, 0.3) is 0 Å². The Morgan fingerprint density at radius 2 is 1.52 bits per heavy atom. The zero-order chi connectivity index (χ0) is 15.9. The number of aromatic nitrogens is 2. The molecule has 116 valence electrons. The van der Waals surface area contributed by atoms with Crippen LogP contribution in [0.3, 0.4) is 0 Å². The number of carbonyl (C=O) groups is 1. The maximum absolute atomic E-state index is 12.6. The van der Waals surface area contributed by atoms with Crippen LogP contribution in [-0.2, 0) is 13.1 Å². The van der Waals surface area contributed by atoms with Gasteiger partial charge in [-0.25, -0.2) is 4.79 Å². The summed E-state index contributed by atoms with van der Waals surface area (Å²) in [5.74, 6) is 0. The summed E-state index contributed by atoms with van der Waals surface area (Å²) >= 11 is 1.30. The summed E-state index contributed by atoms with van der Waals surface area (Å²) in [6, 6.07) is 19.7. The number of amides is 2. The number of hydrogen-bond acceptors (Lipinski definition) is 4. The van der Waals surface area contributed by atoms with Crippen LogP contribution in [0.4, 0.5) is 9.93 Å².